The van der Waals surface area contributed by atoms with E-state index in [1.54, 1.807) is 19.1 Å². The summed E-state index contributed by atoms with van der Waals surface area (Å²) < 4.78 is 5.06. The van der Waals surface area contributed by atoms with Gasteiger partial charge in [-0.25, -0.2) is 9.79 Å². The van der Waals surface area contributed by atoms with Crippen molar-refractivity contribution in [3.8, 4) is 0 Å². The number of para-hydroxylation sites is 1. The lowest BCUT2D eigenvalue weighted by Crippen LogP contribution is -2.06. The van der Waals surface area contributed by atoms with Gasteiger partial charge in [0.2, 0.25) is 5.90 Å². The SMILES string of the molecule is Cc1ccc(C2=NC(=Cc3ccccc3[N+](=O)[O-])C(=O)O2)cc1[N+](=O)[O-]. The number of ether oxygens (including phenoxy) is 1. The van der Waals surface area contributed by atoms with Crippen LogP contribution < -0.4 is 0 Å². The lowest BCUT2D eigenvalue weighted by molar-refractivity contribution is -0.385. The van der Waals surface area contributed by atoms with Crippen LogP contribution >= 0.6 is 0 Å². The Morgan fingerprint density at radius 3 is 2.42 bits per heavy atom. The van der Waals surface area contributed by atoms with Crippen LogP contribution in [0.2, 0.25) is 0 Å². The number of aliphatic imine (C=N–C) groups is 1. The second-order valence-corrected chi connectivity index (χ2v) is 5.41. The number of nitro groups is 2. The lowest BCUT2D eigenvalue weighted by Gasteiger charge is -2.01. The summed E-state index contributed by atoms with van der Waals surface area (Å²) in [5, 5.41) is 22.1. The van der Waals surface area contributed by atoms with Gasteiger partial charge in [-0.05, 0) is 25.1 Å². The van der Waals surface area contributed by atoms with Crippen molar-refractivity contribution in [1.82, 2.24) is 0 Å². The fourth-order valence-corrected chi connectivity index (χ4v) is 2.39. The summed E-state index contributed by atoms with van der Waals surface area (Å²) in [4.78, 5) is 37.0. The molecule has 0 amide bonds. The fourth-order valence-electron chi connectivity index (χ4n) is 2.39. The molecule has 2 aromatic rings. The van der Waals surface area contributed by atoms with E-state index in [4.69, 9.17) is 4.74 Å². The highest BCUT2D eigenvalue weighted by atomic mass is 16.6. The van der Waals surface area contributed by atoms with Crippen molar-refractivity contribution in [2.24, 2.45) is 4.99 Å². The molecule has 0 saturated carbocycles. The summed E-state index contributed by atoms with van der Waals surface area (Å²) in [6.45, 7) is 1.59. The summed E-state index contributed by atoms with van der Waals surface area (Å²) in [7, 11) is 0. The van der Waals surface area contributed by atoms with Crippen LogP contribution in [-0.2, 0) is 9.53 Å². The fraction of sp³-hybridized carbons (Fsp3) is 0.0588. The molecule has 0 aliphatic carbocycles. The van der Waals surface area contributed by atoms with Crippen molar-refractivity contribution in [3.63, 3.8) is 0 Å². The quantitative estimate of drug-likeness (QED) is 0.360. The second kappa shape index (κ2) is 6.55. The molecule has 0 atom stereocenters. The maximum Gasteiger partial charge on any atom is 0.363 e. The molecule has 9 nitrogen and oxygen atoms in total. The van der Waals surface area contributed by atoms with Gasteiger partial charge in [-0.2, -0.15) is 0 Å². The number of rotatable bonds is 4. The van der Waals surface area contributed by atoms with E-state index >= 15 is 0 Å². The van der Waals surface area contributed by atoms with E-state index in [2.05, 4.69) is 4.99 Å². The number of cyclic esters (lactones) is 1. The smallest absolute Gasteiger partial charge is 0.363 e. The number of aryl methyl sites for hydroxylation is 1. The van der Waals surface area contributed by atoms with E-state index in [9.17, 15) is 25.0 Å². The molecule has 0 radical (unpaired) electrons. The average molecular weight is 353 g/mol. The lowest BCUT2D eigenvalue weighted by atomic mass is 10.1. The van der Waals surface area contributed by atoms with Crippen LogP contribution in [0.5, 0.6) is 0 Å². The number of carbonyl (C=O) groups is 1. The monoisotopic (exact) mass is 353 g/mol. The first-order valence-corrected chi connectivity index (χ1v) is 7.38. The second-order valence-electron chi connectivity index (χ2n) is 5.41. The Balaban J connectivity index is 2.02. The maximum atomic E-state index is 12.0. The Hall–Kier alpha value is -3.88. The average Bonchev–Trinajstić information content (AvgIpc) is 2.96. The molecule has 0 saturated heterocycles. The molecule has 0 unspecified atom stereocenters. The van der Waals surface area contributed by atoms with Gasteiger partial charge in [-0.1, -0.05) is 18.2 Å². The third kappa shape index (κ3) is 3.18. The van der Waals surface area contributed by atoms with Crippen molar-refractivity contribution >= 4 is 29.3 Å². The standard InChI is InChI=1S/C17H11N3O6/c1-10-6-7-12(9-15(10)20(24)25)16-18-13(17(21)26-16)8-11-4-2-3-5-14(11)19(22)23/h2-9H,1H3. The molecule has 2 aromatic carbocycles. The number of esters is 1. The van der Waals surface area contributed by atoms with Gasteiger partial charge in [0.25, 0.3) is 11.4 Å². The van der Waals surface area contributed by atoms with E-state index < -0.39 is 15.8 Å². The Kier molecular flexibility index (Phi) is 4.27. The van der Waals surface area contributed by atoms with E-state index in [0.717, 1.165) is 0 Å². The van der Waals surface area contributed by atoms with E-state index in [0.29, 0.717) is 5.56 Å². The molecule has 3 rings (SSSR count). The Morgan fingerprint density at radius 2 is 1.73 bits per heavy atom. The topological polar surface area (TPSA) is 125 Å². The minimum Gasteiger partial charge on any atom is -0.402 e. The minimum absolute atomic E-state index is 0.0945. The number of hydrogen-bond acceptors (Lipinski definition) is 7. The van der Waals surface area contributed by atoms with Gasteiger partial charge in [-0.3, -0.25) is 20.2 Å². The molecule has 0 bridgehead atoms. The van der Waals surface area contributed by atoms with Gasteiger partial charge in [0.1, 0.15) is 0 Å². The van der Waals surface area contributed by atoms with Gasteiger partial charge in [0.05, 0.1) is 15.4 Å². The molecule has 1 heterocycles. The van der Waals surface area contributed by atoms with Crippen molar-refractivity contribution in [2.45, 2.75) is 6.92 Å². The number of hydrogen-bond donors (Lipinski definition) is 0. The molecule has 26 heavy (non-hydrogen) atoms. The maximum absolute atomic E-state index is 12.0. The number of nitro benzene ring substituents is 2. The van der Waals surface area contributed by atoms with Gasteiger partial charge >= 0.3 is 5.97 Å². The normalized spacial score (nSPS) is 14.9. The molecule has 1 aliphatic rings. The first kappa shape index (κ1) is 17.0. The van der Waals surface area contributed by atoms with Crippen LogP contribution in [0.1, 0.15) is 16.7 Å². The minimum atomic E-state index is -0.790. The summed E-state index contributed by atoms with van der Waals surface area (Å²) in [5.41, 5.74) is 0.489. The van der Waals surface area contributed by atoms with E-state index in [1.165, 1.54) is 36.4 Å². The zero-order valence-corrected chi connectivity index (χ0v) is 13.4. The molecule has 130 valence electrons. The molecule has 1 aliphatic heterocycles. The predicted octanol–water partition coefficient (Wildman–Crippen LogP) is 3.16. The molecule has 0 fully saturated rings. The number of benzene rings is 2. The Morgan fingerprint density at radius 1 is 1.04 bits per heavy atom. The number of nitrogens with zero attached hydrogens (tertiary/aromatic N) is 3. The summed E-state index contributed by atoms with van der Waals surface area (Å²) in [5.74, 6) is -0.885. The largest absolute Gasteiger partial charge is 0.402 e. The predicted molar refractivity (Wildman–Crippen MR) is 91.5 cm³/mol. The van der Waals surface area contributed by atoms with Gasteiger partial charge < -0.3 is 4.74 Å². The number of carbonyl (C=O) groups excluding carboxylic acids is 1. The van der Waals surface area contributed by atoms with Crippen LogP contribution in [0.25, 0.3) is 6.08 Å². The van der Waals surface area contributed by atoms with Crippen LogP contribution in [0.4, 0.5) is 11.4 Å². The van der Waals surface area contributed by atoms with Gasteiger partial charge in [0.15, 0.2) is 5.70 Å². The van der Waals surface area contributed by atoms with Crippen LogP contribution in [-0.4, -0.2) is 21.7 Å². The van der Waals surface area contributed by atoms with Crippen LogP contribution in [0.3, 0.4) is 0 Å². The third-order valence-electron chi connectivity index (χ3n) is 3.70. The van der Waals surface area contributed by atoms with Gasteiger partial charge in [0, 0.05) is 23.3 Å². The first-order valence-electron chi connectivity index (χ1n) is 7.38. The Bertz CT molecular complexity index is 1010. The van der Waals surface area contributed by atoms with Crippen LogP contribution in [0.15, 0.2) is 53.2 Å². The van der Waals surface area contributed by atoms with Crippen LogP contribution in [0, 0.1) is 27.2 Å². The van der Waals surface area contributed by atoms with Crippen molar-refractivity contribution in [3.05, 3.63) is 85.1 Å². The zero-order valence-electron chi connectivity index (χ0n) is 13.4. The molecule has 0 N–H and O–H groups in total. The molecule has 0 spiro atoms. The first-order chi connectivity index (χ1) is 12.4. The highest BCUT2D eigenvalue weighted by Gasteiger charge is 2.26. The molecule has 9 heteroatoms. The van der Waals surface area contributed by atoms with Gasteiger partial charge in [-0.15, -0.1) is 0 Å². The summed E-state index contributed by atoms with van der Waals surface area (Å²) >= 11 is 0. The summed E-state index contributed by atoms with van der Waals surface area (Å²) in [6.07, 6.45) is 1.25. The highest BCUT2D eigenvalue weighted by Crippen LogP contribution is 2.26. The van der Waals surface area contributed by atoms with E-state index in [-0.39, 0.29) is 34.1 Å². The Labute approximate surface area is 146 Å². The van der Waals surface area contributed by atoms with Crippen molar-refractivity contribution < 1.29 is 19.4 Å². The third-order valence-corrected chi connectivity index (χ3v) is 3.70. The zero-order chi connectivity index (χ0) is 18.8. The molecule has 0 aromatic heterocycles. The molecular formula is C17H11N3O6. The molecular weight excluding hydrogens is 342 g/mol. The summed E-state index contributed by atoms with van der Waals surface area (Å²) in [6, 6.07) is 10.2. The van der Waals surface area contributed by atoms with E-state index in [1.807, 2.05) is 0 Å². The highest BCUT2D eigenvalue weighted by molar-refractivity contribution is 6.13. The van der Waals surface area contributed by atoms with Crippen molar-refractivity contribution in [2.75, 3.05) is 0 Å². The van der Waals surface area contributed by atoms with Crippen molar-refractivity contribution in [1.29, 1.82) is 0 Å².